The number of rotatable bonds is 7. The number of hydrogen-bond donors (Lipinski definition) is 1. The van der Waals surface area contributed by atoms with Gasteiger partial charge in [0.05, 0.1) is 18.8 Å². The SMILES string of the molecule is COCCN(CCOC)C(=O)c1ccc(Br)cc1N.Cl. The third kappa shape index (κ3) is 5.66. The summed E-state index contributed by atoms with van der Waals surface area (Å²) in [6.07, 6.45) is 0. The quantitative estimate of drug-likeness (QED) is 0.750. The number of halogens is 2. The monoisotopic (exact) mass is 366 g/mol. The molecule has 5 nitrogen and oxygen atoms in total. The van der Waals surface area contributed by atoms with E-state index >= 15 is 0 Å². The molecular weight excluding hydrogens is 348 g/mol. The van der Waals surface area contributed by atoms with Gasteiger partial charge in [0, 0.05) is 37.5 Å². The van der Waals surface area contributed by atoms with Gasteiger partial charge >= 0.3 is 0 Å². The molecule has 1 amide bonds. The number of nitrogens with zero attached hydrogens (tertiary/aromatic N) is 1. The molecule has 0 bridgehead atoms. The topological polar surface area (TPSA) is 64.8 Å². The third-order valence-corrected chi connectivity index (χ3v) is 3.16. The van der Waals surface area contributed by atoms with Crippen molar-refractivity contribution in [1.29, 1.82) is 0 Å². The van der Waals surface area contributed by atoms with Gasteiger partial charge in [-0.05, 0) is 18.2 Å². The number of nitrogens with two attached hydrogens (primary N) is 1. The van der Waals surface area contributed by atoms with E-state index in [1.54, 1.807) is 37.3 Å². The summed E-state index contributed by atoms with van der Waals surface area (Å²) in [5.41, 5.74) is 6.83. The van der Waals surface area contributed by atoms with E-state index < -0.39 is 0 Å². The van der Waals surface area contributed by atoms with E-state index in [4.69, 9.17) is 15.2 Å². The molecule has 1 rings (SSSR count). The molecule has 2 N–H and O–H groups in total. The molecule has 0 spiro atoms. The van der Waals surface area contributed by atoms with Gasteiger partial charge in [-0.25, -0.2) is 0 Å². The molecule has 7 heteroatoms. The van der Waals surface area contributed by atoms with E-state index in [-0.39, 0.29) is 18.3 Å². The van der Waals surface area contributed by atoms with Gasteiger partial charge in [-0.3, -0.25) is 4.79 Å². The fraction of sp³-hybridized carbons (Fsp3) is 0.462. The molecule has 0 fully saturated rings. The van der Waals surface area contributed by atoms with Crippen molar-refractivity contribution in [2.45, 2.75) is 0 Å². The molecule has 0 heterocycles. The first-order valence-electron chi connectivity index (χ1n) is 5.92. The van der Waals surface area contributed by atoms with Gasteiger partial charge in [0.2, 0.25) is 0 Å². The Bertz CT molecular complexity index is 424. The number of amides is 1. The van der Waals surface area contributed by atoms with Crippen LogP contribution in [0.4, 0.5) is 5.69 Å². The lowest BCUT2D eigenvalue weighted by Crippen LogP contribution is -2.36. The van der Waals surface area contributed by atoms with Crippen LogP contribution in [0.5, 0.6) is 0 Å². The summed E-state index contributed by atoms with van der Waals surface area (Å²) in [6, 6.07) is 5.24. The Labute approximate surface area is 133 Å². The number of carbonyl (C=O) groups is 1. The predicted octanol–water partition coefficient (Wildman–Crippen LogP) is 2.19. The van der Waals surface area contributed by atoms with Gasteiger partial charge < -0.3 is 20.1 Å². The van der Waals surface area contributed by atoms with E-state index in [0.29, 0.717) is 37.6 Å². The first kappa shape index (κ1) is 19.2. The van der Waals surface area contributed by atoms with Crippen molar-refractivity contribution in [2.75, 3.05) is 46.3 Å². The van der Waals surface area contributed by atoms with Gasteiger partial charge in [0.1, 0.15) is 0 Å². The van der Waals surface area contributed by atoms with Crippen molar-refractivity contribution >= 4 is 39.9 Å². The number of carbonyl (C=O) groups excluding carboxylic acids is 1. The maximum atomic E-state index is 12.4. The van der Waals surface area contributed by atoms with Crippen molar-refractivity contribution in [3.8, 4) is 0 Å². The average molecular weight is 368 g/mol. The number of benzene rings is 1. The number of nitrogen functional groups attached to an aromatic ring is 1. The Morgan fingerprint density at radius 2 is 1.80 bits per heavy atom. The zero-order valence-corrected chi connectivity index (χ0v) is 14.0. The molecule has 0 radical (unpaired) electrons. The largest absolute Gasteiger partial charge is 0.398 e. The van der Waals surface area contributed by atoms with Gasteiger partial charge in [-0.2, -0.15) is 0 Å². The molecule has 0 aliphatic heterocycles. The zero-order valence-electron chi connectivity index (χ0n) is 11.6. The first-order valence-corrected chi connectivity index (χ1v) is 6.71. The summed E-state index contributed by atoms with van der Waals surface area (Å²) in [6.45, 7) is 1.97. The number of hydrogen-bond acceptors (Lipinski definition) is 4. The van der Waals surface area contributed by atoms with E-state index in [9.17, 15) is 4.79 Å². The first-order chi connectivity index (χ1) is 9.10. The lowest BCUT2D eigenvalue weighted by molar-refractivity contribution is 0.0628. The minimum absolute atomic E-state index is 0. The van der Waals surface area contributed by atoms with E-state index in [1.165, 1.54) is 0 Å². The molecular formula is C13H20BrClN2O3. The van der Waals surface area contributed by atoms with E-state index in [2.05, 4.69) is 15.9 Å². The Morgan fingerprint density at radius 3 is 2.25 bits per heavy atom. The molecule has 20 heavy (non-hydrogen) atoms. The van der Waals surface area contributed by atoms with Crippen LogP contribution in [0.15, 0.2) is 22.7 Å². The molecule has 1 aromatic carbocycles. The summed E-state index contributed by atoms with van der Waals surface area (Å²) < 4.78 is 10.9. The predicted molar refractivity (Wildman–Crippen MR) is 85.5 cm³/mol. The molecule has 0 aliphatic rings. The van der Waals surface area contributed by atoms with Crippen molar-refractivity contribution in [1.82, 2.24) is 4.90 Å². The third-order valence-electron chi connectivity index (χ3n) is 2.66. The summed E-state index contributed by atoms with van der Waals surface area (Å²) >= 11 is 3.32. The van der Waals surface area contributed by atoms with Crippen LogP contribution in [0, 0.1) is 0 Å². The Hall–Kier alpha value is -0.820. The Balaban J connectivity index is 0.00000361. The molecule has 0 saturated carbocycles. The normalized spacial score (nSPS) is 9.95. The van der Waals surface area contributed by atoms with Crippen molar-refractivity contribution < 1.29 is 14.3 Å². The fourth-order valence-corrected chi connectivity index (χ4v) is 2.00. The highest BCUT2D eigenvalue weighted by Gasteiger charge is 2.17. The Kier molecular flexibility index (Phi) is 9.58. The highest BCUT2D eigenvalue weighted by atomic mass is 79.9. The molecule has 0 aromatic heterocycles. The second-order valence-corrected chi connectivity index (χ2v) is 4.93. The highest BCUT2D eigenvalue weighted by Crippen LogP contribution is 2.20. The molecule has 0 unspecified atom stereocenters. The lowest BCUT2D eigenvalue weighted by Gasteiger charge is -2.22. The summed E-state index contributed by atoms with van der Waals surface area (Å²) in [5, 5.41) is 0. The smallest absolute Gasteiger partial charge is 0.256 e. The van der Waals surface area contributed by atoms with E-state index in [0.717, 1.165) is 4.47 Å². The molecule has 0 aliphatic carbocycles. The molecule has 0 atom stereocenters. The summed E-state index contributed by atoms with van der Waals surface area (Å²) in [7, 11) is 3.21. The molecule has 0 saturated heterocycles. The minimum Gasteiger partial charge on any atom is -0.398 e. The van der Waals surface area contributed by atoms with Crippen molar-refractivity contribution in [3.05, 3.63) is 28.2 Å². The summed E-state index contributed by atoms with van der Waals surface area (Å²) in [5.74, 6) is -0.112. The van der Waals surface area contributed by atoms with Crippen LogP contribution in [-0.2, 0) is 9.47 Å². The van der Waals surface area contributed by atoms with Gasteiger partial charge in [-0.1, -0.05) is 15.9 Å². The lowest BCUT2D eigenvalue weighted by atomic mass is 10.1. The van der Waals surface area contributed by atoms with Crippen LogP contribution >= 0.6 is 28.3 Å². The Morgan fingerprint density at radius 1 is 1.25 bits per heavy atom. The minimum atomic E-state index is -0.112. The maximum Gasteiger partial charge on any atom is 0.256 e. The van der Waals surface area contributed by atoms with Crippen LogP contribution in [0.2, 0.25) is 0 Å². The van der Waals surface area contributed by atoms with Gasteiger partial charge in [0.15, 0.2) is 0 Å². The average Bonchev–Trinajstić information content (AvgIpc) is 2.38. The molecule has 114 valence electrons. The van der Waals surface area contributed by atoms with Crippen molar-refractivity contribution in [2.24, 2.45) is 0 Å². The van der Waals surface area contributed by atoms with E-state index in [1.807, 2.05) is 0 Å². The van der Waals surface area contributed by atoms with Crippen molar-refractivity contribution in [3.63, 3.8) is 0 Å². The second kappa shape index (κ2) is 9.99. The highest BCUT2D eigenvalue weighted by molar-refractivity contribution is 9.10. The number of ether oxygens (including phenoxy) is 2. The fourth-order valence-electron chi connectivity index (χ4n) is 1.62. The van der Waals surface area contributed by atoms with Crippen LogP contribution < -0.4 is 5.73 Å². The van der Waals surface area contributed by atoms with Gasteiger partial charge in [0.25, 0.3) is 5.91 Å². The summed E-state index contributed by atoms with van der Waals surface area (Å²) in [4.78, 5) is 14.1. The second-order valence-electron chi connectivity index (χ2n) is 4.01. The number of methoxy groups -OCH3 is 2. The van der Waals surface area contributed by atoms with Crippen LogP contribution in [0.25, 0.3) is 0 Å². The number of anilines is 1. The molecule has 1 aromatic rings. The van der Waals surface area contributed by atoms with Crippen LogP contribution in [0.3, 0.4) is 0 Å². The van der Waals surface area contributed by atoms with Crippen LogP contribution in [0.1, 0.15) is 10.4 Å². The zero-order chi connectivity index (χ0) is 14.3. The van der Waals surface area contributed by atoms with Gasteiger partial charge in [-0.15, -0.1) is 12.4 Å². The standard InChI is InChI=1S/C13H19BrN2O3.ClH/c1-18-7-5-16(6-8-19-2)13(17)11-4-3-10(14)9-12(11)15;/h3-4,9H,5-8,15H2,1-2H3;1H. The van der Waals surface area contributed by atoms with Crippen LogP contribution in [-0.4, -0.2) is 51.3 Å². The maximum absolute atomic E-state index is 12.4.